The van der Waals surface area contributed by atoms with Crippen LogP contribution in [-0.4, -0.2) is 68.4 Å². The van der Waals surface area contributed by atoms with Crippen LogP contribution < -0.4 is 0 Å². The van der Waals surface area contributed by atoms with Gasteiger partial charge in [-0.05, 0) is 20.8 Å². The van der Waals surface area contributed by atoms with Gasteiger partial charge < -0.3 is 89.2 Å². The molecule has 0 aromatic heterocycles. The van der Waals surface area contributed by atoms with Gasteiger partial charge in [0, 0.05) is 40.8 Å². The molecule has 3 nitrogen and oxygen atoms in total. The van der Waals surface area contributed by atoms with Crippen LogP contribution in [0.25, 0.3) is 0 Å². The van der Waals surface area contributed by atoms with Crippen molar-refractivity contribution in [2.24, 2.45) is 0 Å². The minimum absolute atomic E-state index is 0. The van der Waals surface area contributed by atoms with Crippen molar-refractivity contribution >= 4 is 87.5 Å². The van der Waals surface area contributed by atoms with Gasteiger partial charge >= 0.3 is 26.2 Å². The van der Waals surface area contributed by atoms with Gasteiger partial charge in [0.25, 0.3) is 0 Å². The molecular weight excluding hydrogens is 470 g/mol. The molecule has 0 spiro atoms. The number of hydrogen-bond acceptors (Lipinski definition) is 6. The third-order valence-electron chi connectivity index (χ3n) is 2.36. The van der Waals surface area contributed by atoms with Gasteiger partial charge in [-0.15, -0.1) is 0 Å². The van der Waals surface area contributed by atoms with Gasteiger partial charge in [-0.25, -0.2) is 0 Å². The Bertz CT molecular complexity index is 270. The van der Waals surface area contributed by atoms with E-state index in [1.807, 2.05) is 56.6 Å². The summed E-state index contributed by atoms with van der Waals surface area (Å²) in [6, 6.07) is 0. The molecule has 0 bridgehead atoms. The quantitative estimate of drug-likeness (QED) is 0.429. The van der Waals surface area contributed by atoms with Gasteiger partial charge in [0.15, 0.2) is 0 Å². The second-order valence-electron chi connectivity index (χ2n) is 3.84. The fraction of sp³-hybridized carbons (Fsp3) is 0.750. The van der Waals surface area contributed by atoms with Crippen LogP contribution in [0.1, 0.15) is 20.8 Å². The summed E-state index contributed by atoms with van der Waals surface area (Å²) >= 11 is 27.9. The molecule has 0 aliphatic carbocycles. The van der Waals surface area contributed by atoms with E-state index in [0.29, 0.717) is 13.0 Å². The van der Waals surface area contributed by atoms with E-state index in [0.717, 1.165) is 19.6 Å². The minimum Gasteiger partial charge on any atom is -0.411 e. The molecule has 0 saturated carbocycles. The summed E-state index contributed by atoms with van der Waals surface area (Å²) in [6.45, 7) is 8.75. The summed E-state index contributed by atoms with van der Waals surface area (Å²) in [5.74, 6) is 0. The van der Waals surface area contributed by atoms with E-state index in [4.69, 9.17) is 0 Å². The Morgan fingerprint density at radius 3 is 0.773 bits per heavy atom. The maximum atomic E-state index is 4.66. The van der Waals surface area contributed by atoms with Crippen molar-refractivity contribution in [3.05, 3.63) is 0 Å². The summed E-state index contributed by atoms with van der Waals surface area (Å²) in [6.07, 6.45) is 0. The second kappa shape index (κ2) is 20.3. The van der Waals surface area contributed by atoms with Crippen LogP contribution in [0.3, 0.4) is 0 Å². The van der Waals surface area contributed by atoms with Crippen LogP contribution >= 0.6 is 36.7 Å². The standard InChI is InChI=1S/3C4H9NS2.Zr/c3*1-3-5(2)4(6)7;/h3*3H2,1-2H3,(H,6,7);/q;;;+3/p-3. The second-order valence-corrected chi connectivity index (χ2v) is 6.94. The zero-order valence-corrected chi connectivity index (χ0v) is 21.3. The smallest absolute Gasteiger partial charge is 0.411 e. The summed E-state index contributed by atoms with van der Waals surface area (Å²) in [5, 5.41) is 0. The van der Waals surface area contributed by atoms with Crippen molar-refractivity contribution in [2.75, 3.05) is 40.8 Å². The molecule has 0 heterocycles. The van der Waals surface area contributed by atoms with Crippen LogP contribution in [0.15, 0.2) is 0 Å². The Labute approximate surface area is 188 Å². The Morgan fingerprint density at radius 2 is 0.773 bits per heavy atom. The maximum Gasteiger partial charge on any atom is 3.00 e. The van der Waals surface area contributed by atoms with E-state index in [-0.39, 0.29) is 26.2 Å². The Morgan fingerprint density at radius 1 is 0.636 bits per heavy atom. The first-order valence-corrected chi connectivity index (χ1v) is 8.76. The number of hydrogen-bond donors (Lipinski definition) is 0. The summed E-state index contributed by atoms with van der Waals surface area (Å²) in [4.78, 5) is 5.51. The average Bonchev–Trinajstić information content (AvgIpc) is 2.45. The van der Waals surface area contributed by atoms with Crippen molar-refractivity contribution in [2.45, 2.75) is 20.8 Å². The Balaban J connectivity index is -0.000000108. The first-order valence-electron chi connectivity index (χ1n) is 6.31. The van der Waals surface area contributed by atoms with Gasteiger partial charge in [-0.3, -0.25) is 0 Å². The molecule has 0 aromatic rings. The van der Waals surface area contributed by atoms with E-state index in [1.165, 1.54) is 0 Å². The van der Waals surface area contributed by atoms with E-state index >= 15 is 0 Å². The molecule has 0 unspecified atom stereocenters. The third kappa shape index (κ3) is 23.5. The Kier molecular flexibility index (Phi) is 28.6. The molecule has 0 amide bonds. The molecule has 0 aliphatic rings. The largest absolute Gasteiger partial charge is 3.00 e. The SMILES string of the molecule is CCN(C)C(=S)[S-].CCN(C)C(=S)[S-].CCN(C)C(=S)[S-].[Zr+3]. The molecule has 0 atom stereocenters. The molecule has 0 aromatic carbocycles. The molecule has 0 aliphatic heterocycles. The molecule has 0 rings (SSSR count). The first-order chi connectivity index (χ1) is 9.54. The summed E-state index contributed by atoms with van der Waals surface area (Å²) in [5.41, 5.74) is 0. The van der Waals surface area contributed by atoms with E-state index in [9.17, 15) is 0 Å². The average molecular weight is 494 g/mol. The van der Waals surface area contributed by atoms with Crippen LogP contribution in [0.5, 0.6) is 0 Å². The monoisotopic (exact) mass is 492 g/mol. The van der Waals surface area contributed by atoms with E-state index < -0.39 is 0 Å². The predicted molar refractivity (Wildman–Crippen MR) is 115 cm³/mol. The maximum absolute atomic E-state index is 4.66. The van der Waals surface area contributed by atoms with Crippen molar-refractivity contribution < 1.29 is 26.2 Å². The fourth-order valence-electron chi connectivity index (χ4n) is 0.387. The van der Waals surface area contributed by atoms with E-state index in [2.05, 4.69) is 74.5 Å². The van der Waals surface area contributed by atoms with Gasteiger partial charge in [0.2, 0.25) is 0 Å². The van der Waals surface area contributed by atoms with Gasteiger partial charge in [-0.1, -0.05) is 13.0 Å². The number of nitrogens with zero attached hydrogens (tertiary/aromatic N) is 3. The molecule has 22 heavy (non-hydrogen) atoms. The zero-order valence-electron chi connectivity index (χ0n) is 13.9. The van der Waals surface area contributed by atoms with Gasteiger partial charge in [0.05, 0.1) is 0 Å². The van der Waals surface area contributed by atoms with Crippen molar-refractivity contribution in [1.29, 1.82) is 0 Å². The number of thiocarbonyl (C=S) groups is 3. The number of rotatable bonds is 3. The van der Waals surface area contributed by atoms with Crippen LogP contribution in [0.4, 0.5) is 0 Å². The molecule has 0 saturated heterocycles. The van der Waals surface area contributed by atoms with Crippen LogP contribution in [-0.2, 0) is 64.1 Å². The van der Waals surface area contributed by atoms with Crippen molar-refractivity contribution in [1.82, 2.24) is 14.7 Å². The molecule has 0 N–H and O–H groups in total. The third-order valence-corrected chi connectivity index (χ3v) is 4.23. The van der Waals surface area contributed by atoms with Gasteiger partial charge in [0.1, 0.15) is 0 Å². The first kappa shape index (κ1) is 31.0. The predicted octanol–water partition coefficient (Wildman–Crippen LogP) is 2.31. The summed E-state index contributed by atoms with van der Waals surface area (Å²) in [7, 11) is 5.65. The molecule has 10 heteroatoms. The molecule has 0 fully saturated rings. The fourth-order valence-corrected chi connectivity index (χ4v) is 1.16. The van der Waals surface area contributed by atoms with E-state index in [1.54, 1.807) is 0 Å². The Hall–Kier alpha value is 1.21. The molecule has 127 valence electrons. The molecular formula is C12H24N3S6Zr. The zero-order chi connectivity index (χ0) is 17.6. The van der Waals surface area contributed by atoms with Crippen molar-refractivity contribution in [3.8, 4) is 0 Å². The normalized spacial score (nSPS) is 7.91. The topological polar surface area (TPSA) is 9.72 Å². The van der Waals surface area contributed by atoms with Crippen LogP contribution in [0, 0.1) is 0 Å². The van der Waals surface area contributed by atoms with Gasteiger partial charge in [-0.2, -0.15) is 0 Å². The molecule has 1 radical (unpaired) electrons. The minimum atomic E-state index is 0. The summed E-state index contributed by atoms with van der Waals surface area (Å²) < 4.78 is 1.63. The van der Waals surface area contributed by atoms with Crippen molar-refractivity contribution in [3.63, 3.8) is 0 Å². The van der Waals surface area contributed by atoms with Crippen LogP contribution in [0.2, 0.25) is 0 Å².